The molecule has 2 N–H and O–H groups in total. The molecule has 0 aromatic carbocycles. The molecular formula is C18H34N6O4+2. The van der Waals surface area contributed by atoms with Crippen molar-refractivity contribution in [1.29, 1.82) is 0 Å². The number of hydrogen-bond acceptors (Lipinski definition) is 4. The Hall–Kier alpha value is -1.62. The third-order valence-corrected chi connectivity index (χ3v) is 6.40. The first kappa shape index (κ1) is 19.7. The monoisotopic (exact) mass is 398 g/mol. The molecule has 4 heterocycles. The maximum absolute atomic E-state index is 13.2. The third kappa shape index (κ3) is 3.42. The van der Waals surface area contributed by atoms with Crippen LogP contribution in [-0.4, -0.2) is 123 Å². The Morgan fingerprint density at radius 2 is 1.07 bits per heavy atom. The second-order valence-electron chi connectivity index (χ2n) is 7.94. The summed E-state index contributed by atoms with van der Waals surface area (Å²) < 4.78 is 10.9. The van der Waals surface area contributed by atoms with E-state index < -0.39 is 0 Å². The Kier molecular flexibility index (Phi) is 5.91. The lowest BCUT2D eigenvalue weighted by molar-refractivity contribution is -0.917. The molecule has 4 amide bonds. The fourth-order valence-corrected chi connectivity index (χ4v) is 4.85. The lowest BCUT2D eigenvalue weighted by Crippen LogP contribution is -3.15. The molecule has 0 aromatic heterocycles. The van der Waals surface area contributed by atoms with Crippen molar-refractivity contribution in [2.75, 3.05) is 79.0 Å². The largest absolute Gasteiger partial charge is 0.370 e. The zero-order chi connectivity index (χ0) is 19.7. The maximum Gasteiger partial charge on any atom is 0.327 e. The summed E-state index contributed by atoms with van der Waals surface area (Å²) in [7, 11) is 0. The summed E-state index contributed by atoms with van der Waals surface area (Å²) >= 11 is 0. The molecule has 4 rings (SSSR count). The summed E-state index contributed by atoms with van der Waals surface area (Å²) in [5.41, 5.74) is 0. The maximum atomic E-state index is 13.2. The predicted octanol–water partition coefficient (Wildman–Crippen LogP) is -3.10. The lowest BCUT2D eigenvalue weighted by Gasteiger charge is -2.33. The summed E-state index contributed by atoms with van der Waals surface area (Å²) in [6.45, 7) is 13.0. The molecule has 4 fully saturated rings. The molecule has 4 aliphatic heterocycles. The molecule has 0 unspecified atom stereocenters. The fourth-order valence-electron chi connectivity index (χ4n) is 4.85. The van der Waals surface area contributed by atoms with Crippen LogP contribution in [0.5, 0.6) is 0 Å². The van der Waals surface area contributed by atoms with E-state index in [1.54, 1.807) is 0 Å². The predicted molar refractivity (Wildman–Crippen MR) is 99.6 cm³/mol. The quantitative estimate of drug-likeness (QED) is 0.497. The number of rotatable bonds is 6. The summed E-state index contributed by atoms with van der Waals surface area (Å²) in [6, 6.07) is 0.0915. The number of quaternary nitrogens is 2. The van der Waals surface area contributed by atoms with Gasteiger partial charge in [0, 0.05) is 13.1 Å². The summed E-state index contributed by atoms with van der Waals surface area (Å²) in [6.07, 6.45) is -0.415. The first-order chi connectivity index (χ1) is 13.7. The molecule has 0 spiro atoms. The summed E-state index contributed by atoms with van der Waals surface area (Å²) in [5.74, 6) is 0. The number of morpholine rings is 2. The Morgan fingerprint density at radius 1 is 0.714 bits per heavy atom. The minimum Gasteiger partial charge on any atom is -0.370 e. The van der Waals surface area contributed by atoms with Crippen LogP contribution in [-0.2, 0) is 9.47 Å². The molecule has 0 aromatic rings. The van der Waals surface area contributed by atoms with Crippen molar-refractivity contribution in [3.8, 4) is 0 Å². The van der Waals surface area contributed by atoms with Crippen molar-refractivity contribution in [3.63, 3.8) is 0 Å². The number of nitrogens with zero attached hydrogens (tertiary/aromatic N) is 4. The lowest BCUT2D eigenvalue weighted by atomic mass is 10.3. The van der Waals surface area contributed by atoms with Gasteiger partial charge in [0.05, 0.1) is 26.4 Å². The van der Waals surface area contributed by atoms with Gasteiger partial charge < -0.3 is 19.3 Å². The standard InChI is InChI=1S/C18H32N6O4/c1-3-21-15-16(24(17(21)25)14-20-7-11-28-12-8-20)22(4-2)18(26)23(15)13-19-5-9-27-10-6-19/h15-16H,3-14H2,1-2H3/p+2/t15-,16-/m1/s1. The first-order valence-corrected chi connectivity index (χ1v) is 10.6. The van der Waals surface area contributed by atoms with E-state index in [0.29, 0.717) is 26.4 Å². The molecule has 10 heteroatoms. The third-order valence-electron chi connectivity index (χ3n) is 6.40. The van der Waals surface area contributed by atoms with Crippen molar-refractivity contribution in [2.45, 2.75) is 26.2 Å². The van der Waals surface area contributed by atoms with E-state index in [9.17, 15) is 9.59 Å². The molecule has 0 radical (unpaired) electrons. The van der Waals surface area contributed by atoms with E-state index in [4.69, 9.17) is 9.47 Å². The Bertz CT molecular complexity index is 530. The van der Waals surface area contributed by atoms with Crippen molar-refractivity contribution in [1.82, 2.24) is 19.6 Å². The number of carbonyl (C=O) groups excluding carboxylic acids is 2. The van der Waals surface area contributed by atoms with Gasteiger partial charge in [0.25, 0.3) is 0 Å². The van der Waals surface area contributed by atoms with E-state index in [-0.39, 0.29) is 24.4 Å². The SMILES string of the molecule is CCN1C(=O)N(C[NH+]2CCOCC2)[C@@H]2[C@H]1N(C[NH+]1CCOCC1)C(=O)N2CC. The highest BCUT2D eigenvalue weighted by atomic mass is 16.5. The van der Waals surface area contributed by atoms with Crippen molar-refractivity contribution in [2.24, 2.45) is 0 Å². The number of nitrogens with one attached hydrogen (secondary N) is 2. The van der Waals surface area contributed by atoms with Gasteiger partial charge in [-0.05, 0) is 13.8 Å². The number of fused-ring (bicyclic) bond motifs is 1. The molecule has 4 aliphatic rings. The molecule has 0 aliphatic carbocycles. The van der Waals surface area contributed by atoms with Crippen LogP contribution in [0.25, 0.3) is 0 Å². The average Bonchev–Trinajstić information content (AvgIpc) is 3.14. The van der Waals surface area contributed by atoms with E-state index in [0.717, 1.165) is 52.6 Å². The molecule has 28 heavy (non-hydrogen) atoms. The zero-order valence-electron chi connectivity index (χ0n) is 17.1. The van der Waals surface area contributed by atoms with Gasteiger partial charge in [-0.2, -0.15) is 0 Å². The molecule has 0 bridgehead atoms. The minimum atomic E-state index is -0.208. The van der Waals surface area contributed by atoms with Crippen LogP contribution in [0, 0.1) is 0 Å². The van der Waals surface area contributed by atoms with Gasteiger partial charge in [-0.15, -0.1) is 0 Å². The number of carbonyl (C=O) groups is 2. The van der Waals surface area contributed by atoms with Crippen LogP contribution in [0.15, 0.2) is 0 Å². The van der Waals surface area contributed by atoms with Crippen molar-refractivity contribution >= 4 is 12.1 Å². The van der Waals surface area contributed by atoms with E-state index in [1.807, 2.05) is 33.4 Å². The molecule has 10 nitrogen and oxygen atoms in total. The van der Waals surface area contributed by atoms with Crippen LogP contribution in [0.2, 0.25) is 0 Å². The first-order valence-electron chi connectivity index (χ1n) is 10.6. The Balaban J connectivity index is 1.56. The van der Waals surface area contributed by atoms with Crippen LogP contribution in [0.1, 0.15) is 13.8 Å². The number of hydrogen-bond donors (Lipinski definition) is 2. The molecule has 158 valence electrons. The molecule has 4 saturated heterocycles. The van der Waals surface area contributed by atoms with Crippen LogP contribution in [0.4, 0.5) is 9.59 Å². The Labute approximate surface area is 166 Å². The summed E-state index contributed by atoms with van der Waals surface area (Å²) in [4.78, 5) is 36.8. The van der Waals surface area contributed by atoms with Gasteiger partial charge in [-0.25, -0.2) is 9.59 Å². The van der Waals surface area contributed by atoms with Crippen LogP contribution >= 0.6 is 0 Å². The average molecular weight is 399 g/mol. The number of likely N-dealkylation sites (N-methyl/N-ethyl adjacent to an activating group) is 2. The van der Waals surface area contributed by atoms with Crippen LogP contribution in [0.3, 0.4) is 0 Å². The molecular weight excluding hydrogens is 364 g/mol. The highest BCUT2D eigenvalue weighted by molar-refractivity contribution is 5.85. The summed E-state index contributed by atoms with van der Waals surface area (Å²) in [5, 5.41) is 0. The van der Waals surface area contributed by atoms with Gasteiger partial charge in [0.2, 0.25) is 0 Å². The molecule has 2 atom stereocenters. The van der Waals surface area contributed by atoms with Gasteiger partial charge >= 0.3 is 12.1 Å². The second-order valence-corrected chi connectivity index (χ2v) is 7.94. The van der Waals surface area contributed by atoms with E-state index in [2.05, 4.69) is 0 Å². The van der Waals surface area contributed by atoms with Crippen molar-refractivity contribution < 1.29 is 28.9 Å². The number of urea groups is 2. The topological polar surface area (TPSA) is 74.4 Å². The van der Waals surface area contributed by atoms with Gasteiger partial charge in [0.1, 0.15) is 26.2 Å². The second kappa shape index (κ2) is 8.40. The van der Waals surface area contributed by atoms with Crippen LogP contribution < -0.4 is 9.80 Å². The smallest absolute Gasteiger partial charge is 0.327 e. The van der Waals surface area contributed by atoms with E-state index in [1.165, 1.54) is 9.80 Å². The zero-order valence-corrected chi connectivity index (χ0v) is 17.1. The Morgan fingerprint density at radius 3 is 1.39 bits per heavy atom. The normalized spacial score (nSPS) is 29.9. The fraction of sp³-hybridized carbons (Fsp3) is 0.889. The van der Waals surface area contributed by atoms with Gasteiger partial charge in [-0.1, -0.05) is 0 Å². The van der Waals surface area contributed by atoms with Gasteiger partial charge in [-0.3, -0.25) is 19.6 Å². The number of amides is 4. The minimum absolute atomic E-state index is 0.0458. The highest BCUT2D eigenvalue weighted by Crippen LogP contribution is 2.33. The number of ether oxygens (including phenoxy) is 2. The van der Waals surface area contributed by atoms with Crippen molar-refractivity contribution in [3.05, 3.63) is 0 Å². The molecule has 0 saturated carbocycles. The highest BCUT2D eigenvalue weighted by Gasteiger charge is 2.59. The van der Waals surface area contributed by atoms with E-state index >= 15 is 0 Å². The van der Waals surface area contributed by atoms with Gasteiger partial charge in [0.15, 0.2) is 25.7 Å².